The first kappa shape index (κ1) is 14.1. The van der Waals surface area contributed by atoms with Crippen LogP contribution in [0.3, 0.4) is 0 Å². The summed E-state index contributed by atoms with van der Waals surface area (Å²) in [6.45, 7) is -0.134. The highest BCUT2D eigenvalue weighted by molar-refractivity contribution is 6.31. The summed E-state index contributed by atoms with van der Waals surface area (Å²) in [4.78, 5) is 0. The summed E-state index contributed by atoms with van der Waals surface area (Å²) >= 11 is 11.5. The van der Waals surface area contributed by atoms with Crippen molar-refractivity contribution in [3.05, 3.63) is 63.9 Å². The number of anilines is 1. The standard InChI is InChI=1S/C14H12Cl2FNO/c15-10-2-4-11(5-3-10)18-14(8-19)9-1-6-13(17)12(16)7-9/h1-7,14,18-19H,8H2. The molecule has 2 aromatic carbocycles. The van der Waals surface area contributed by atoms with E-state index in [2.05, 4.69) is 5.32 Å². The molecule has 0 bridgehead atoms. The van der Waals surface area contributed by atoms with Crippen molar-refractivity contribution in [2.45, 2.75) is 6.04 Å². The average Bonchev–Trinajstić information content (AvgIpc) is 2.41. The second kappa shape index (κ2) is 6.24. The average molecular weight is 300 g/mol. The highest BCUT2D eigenvalue weighted by atomic mass is 35.5. The lowest BCUT2D eigenvalue weighted by Gasteiger charge is -2.18. The molecule has 0 saturated carbocycles. The van der Waals surface area contributed by atoms with E-state index >= 15 is 0 Å². The number of hydrogen-bond acceptors (Lipinski definition) is 2. The molecule has 0 fully saturated rings. The Kier molecular flexibility index (Phi) is 4.64. The lowest BCUT2D eigenvalue weighted by Crippen LogP contribution is -2.14. The summed E-state index contributed by atoms with van der Waals surface area (Å²) in [6.07, 6.45) is 0. The molecule has 5 heteroatoms. The maximum absolute atomic E-state index is 13.1. The van der Waals surface area contributed by atoms with Crippen molar-refractivity contribution in [3.63, 3.8) is 0 Å². The Morgan fingerprint density at radius 3 is 2.37 bits per heavy atom. The van der Waals surface area contributed by atoms with Gasteiger partial charge in [-0.25, -0.2) is 4.39 Å². The van der Waals surface area contributed by atoms with Gasteiger partial charge in [-0.15, -0.1) is 0 Å². The van der Waals surface area contributed by atoms with Gasteiger partial charge in [0.05, 0.1) is 17.7 Å². The van der Waals surface area contributed by atoms with Crippen LogP contribution in [0.25, 0.3) is 0 Å². The highest BCUT2D eigenvalue weighted by Crippen LogP contribution is 2.24. The maximum Gasteiger partial charge on any atom is 0.141 e. The van der Waals surface area contributed by atoms with Crippen LogP contribution < -0.4 is 5.32 Å². The van der Waals surface area contributed by atoms with E-state index in [1.54, 1.807) is 30.3 Å². The van der Waals surface area contributed by atoms with Crippen molar-refractivity contribution in [3.8, 4) is 0 Å². The molecule has 0 amide bonds. The Labute approximate surface area is 120 Å². The molecule has 1 atom stereocenters. The quantitative estimate of drug-likeness (QED) is 0.883. The number of halogens is 3. The molecule has 2 rings (SSSR count). The smallest absolute Gasteiger partial charge is 0.141 e. The lowest BCUT2D eigenvalue weighted by atomic mass is 10.1. The van der Waals surface area contributed by atoms with Crippen LogP contribution >= 0.6 is 23.2 Å². The van der Waals surface area contributed by atoms with Crippen molar-refractivity contribution in [1.29, 1.82) is 0 Å². The van der Waals surface area contributed by atoms with E-state index in [-0.39, 0.29) is 17.7 Å². The normalized spacial score (nSPS) is 12.2. The van der Waals surface area contributed by atoms with Crippen LogP contribution in [0, 0.1) is 5.82 Å². The molecule has 1 unspecified atom stereocenters. The van der Waals surface area contributed by atoms with Gasteiger partial charge in [-0.3, -0.25) is 0 Å². The third-order valence-electron chi connectivity index (χ3n) is 2.71. The van der Waals surface area contributed by atoms with Crippen LogP contribution in [-0.4, -0.2) is 11.7 Å². The van der Waals surface area contributed by atoms with Crippen molar-refractivity contribution in [2.24, 2.45) is 0 Å². The van der Waals surface area contributed by atoms with E-state index in [1.165, 1.54) is 12.1 Å². The van der Waals surface area contributed by atoms with Gasteiger partial charge >= 0.3 is 0 Å². The van der Waals surface area contributed by atoms with Gasteiger partial charge in [0, 0.05) is 10.7 Å². The minimum Gasteiger partial charge on any atom is -0.394 e. The van der Waals surface area contributed by atoms with Gasteiger partial charge in [0.25, 0.3) is 0 Å². The van der Waals surface area contributed by atoms with E-state index in [1.807, 2.05) is 0 Å². The van der Waals surface area contributed by atoms with Crippen molar-refractivity contribution >= 4 is 28.9 Å². The summed E-state index contributed by atoms with van der Waals surface area (Å²) in [5, 5.41) is 13.2. The van der Waals surface area contributed by atoms with Gasteiger partial charge in [0.2, 0.25) is 0 Å². The van der Waals surface area contributed by atoms with Crippen LogP contribution in [0.4, 0.5) is 10.1 Å². The van der Waals surface area contributed by atoms with Gasteiger partial charge in [-0.05, 0) is 42.0 Å². The van der Waals surface area contributed by atoms with Crippen LogP contribution in [0.5, 0.6) is 0 Å². The summed E-state index contributed by atoms with van der Waals surface area (Å²) in [6, 6.07) is 11.1. The van der Waals surface area contributed by atoms with Gasteiger partial charge < -0.3 is 10.4 Å². The third kappa shape index (κ3) is 3.60. The summed E-state index contributed by atoms with van der Waals surface area (Å²) in [7, 11) is 0. The maximum atomic E-state index is 13.1. The Bertz CT molecular complexity index is 560. The van der Waals surface area contributed by atoms with Crippen LogP contribution in [-0.2, 0) is 0 Å². The van der Waals surface area contributed by atoms with Gasteiger partial charge in [-0.2, -0.15) is 0 Å². The zero-order chi connectivity index (χ0) is 13.8. The predicted molar refractivity (Wildman–Crippen MR) is 76.3 cm³/mol. The largest absolute Gasteiger partial charge is 0.394 e. The van der Waals surface area contributed by atoms with Gasteiger partial charge in [0.15, 0.2) is 0 Å². The minimum atomic E-state index is -0.478. The fourth-order valence-electron chi connectivity index (χ4n) is 1.71. The fraction of sp³-hybridized carbons (Fsp3) is 0.143. The molecule has 0 aliphatic carbocycles. The first-order chi connectivity index (χ1) is 9.10. The number of hydrogen-bond donors (Lipinski definition) is 2. The van der Waals surface area contributed by atoms with Crippen molar-refractivity contribution in [1.82, 2.24) is 0 Å². The monoisotopic (exact) mass is 299 g/mol. The van der Waals surface area contributed by atoms with E-state index in [4.69, 9.17) is 23.2 Å². The Hall–Kier alpha value is -1.29. The first-order valence-electron chi connectivity index (χ1n) is 5.68. The molecular formula is C14H12Cl2FNO. The van der Waals surface area contributed by atoms with Crippen molar-refractivity contribution in [2.75, 3.05) is 11.9 Å². The SMILES string of the molecule is OCC(Nc1ccc(Cl)cc1)c1ccc(F)c(Cl)c1. The van der Waals surface area contributed by atoms with E-state index in [0.29, 0.717) is 10.6 Å². The second-order valence-electron chi connectivity index (χ2n) is 4.06. The molecule has 0 aromatic heterocycles. The zero-order valence-electron chi connectivity index (χ0n) is 9.91. The van der Waals surface area contributed by atoms with Crippen LogP contribution in [0.1, 0.15) is 11.6 Å². The number of nitrogens with one attached hydrogen (secondary N) is 1. The van der Waals surface area contributed by atoms with Gasteiger partial charge in [0.1, 0.15) is 5.82 Å². The summed E-state index contributed by atoms with van der Waals surface area (Å²) in [5.41, 5.74) is 1.52. The zero-order valence-corrected chi connectivity index (χ0v) is 11.4. The van der Waals surface area contributed by atoms with Crippen LogP contribution in [0.2, 0.25) is 10.0 Å². The topological polar surface area (TPSA) is 32.3 Å². The molecule has 2 aromatic rings. The van der Waals surface area contributed by atoms with Crippen molar-refractivity contribution < 1.29 is 9.50 Å². The Morgan fingerprint density at radius 2 is 1.79 bits per heavy atom. The molecule has 2 N–H and O–H groups in total. The predicted octanol–water partition coefficient (Wildman–Crippen LogP) is 4.28. The number of rotatable bonds is 4. The summed E-state index contributed by atoms with van der Waals surface area (Å²) < 4.78 is 13.1. The Balaban J connectivity index is 2.19. The fourth-order valence-corrected chi connectivity index (χ4v) is 2.03. The molecular weight excluding hydrogens is 288 g/mol. The first-order valence-corrected chi connectivity index (χ1v) is 6.43. The molecule has 0 saturated heterocycles. The van der Waals surface area contributed by atoms with E-state index in [0.717, 1.165) is 5.69 Å². The number of aliphatic hydroxyl groups is 1. The molecule has 0 heterocycles. The molecule has 100 valence electrons. The molecule has 0 radical (unpaired) electrons. The highest BCUT2D eigenvalue weighted by Gasteiger charge is 2.12. The van der Waals surface area contributed by atoms with Gasteiger partial charge in [-0.1, -0.05) is 29.3 Å². The molecule has 0 spiro atoms. The van der Waals surface area contributed by atoms with Crippen LogP contribution in [0.15, 0.2) is 42.5 Å². The number of benzene rings is 2. The summed E-state index contributed by atoms with van der Waals surface area (Å²) in [5.74, 6) is -0.478. The molecule has 2 nitrogen and oxygen atoms in total. The molecule has 0 aliphatic rings. The number of aliphatic hydroxyl groups excluding tert-OH is 1. The minimum absolute atomic E-state index is 0.0360. The lowest BCUT2D eigenvalue weighted by molar-refractivity contribution is 0.276. The molecule has 0 aliphatic heterocycles. The third-order valence-corrected chi connectivity index (χ3v) is 3.26. The Morgan fingerprint density at radius 1 is 1.11 bits per heavy atom. The van der Waals surface area contributed by atoms with E-state index < -0.39 is 5.82 Å². The second-order valence-corrected chi connectivity index (χ2v) is 4.90. The molecule has 19 heavy (non-hydrogen) atoms. The van der Waals surface area contributed by atoms with E-state index in [9.17, 15) is 9.50 Å².